The molecule has 1 saturated carbocycles. The Hall–Kier alpha value is -2.81. The molecule has 1 fully saturated rings. The zero-order valence-electron chi connectivity index (χ0n) is 16.6. The Kier molecular flexibility index (Phi) is 5.09. The number of carbonyl (C=O) groups is 1. The van der Waals surface area contributed by atoms with Crippen LogP contribution in [0.2, 0.25) is 0 Å². The number of hydrogen-bond donors (Lipinski definition) is 2. The van der Waals surface area contributed by atoms with E-state index < -0.39 is 17.5 Å². The number of benzene rings is 1. The molecule has 1 amide bonds. The number of carbonyl (C=O) groups excluding carboxylic acids is 1. The molecule has 0 radical (unpaired) electrons. The number of aromatic nitrogens is 1. The van der Waals surface area contributed by atoms with E-state index in [4.69, 9.17) is 9.47 Å². The van der Waals surface area contributed by atoms with Gasteiger partial charge in [-0.1, -0.05) is 0 Å². The maximum absolute atomic E-state index is 12.7. The van der Waals surface area contributed by atoms with Gasteiger partial charge in [-0.15, -0.1) is 0 Å². The van der Waals surface area contributed by atoms with Crippen molar-refractivity contribution < 1.29 is 27.4 Å². The van der Waals surface area contributed by atoms with Crippen molar-refractivity contribution in [2.45, 2.75) is 57.8 Å². The van der Waals surface area contributed by atoms with Crippen molar-refractivity contribution in [3.63, 3.8) is 0 Å². The fraction of sp³-hybridized carbons (Fsp3) is 0.429. The first kappa shape index (κ1) is 20.5. The van der Waals surface area contributed by atoms with Crippen LogP contribution in [0.5, 0.6) is 5.75 Å². The Balaban J connectivity index is 1.55. The van der Waals surface area contributed by atoms with Crippen molar-refractivity contribution in [1.82, 2.24) is 10.3 Å². The zero-order chi connectivity index (χ0) is 21.5. The largest absolute Gasteiger partial charge is 0.460 e. The number of nitrogens with zero attached hydrogens (tertiary/aromatic N) is 1. The smallest absolute Gasteiger partial charge is 0.416 e. The number of anilines is 1. The van der Waals surface area contributed by atoms with Crippen molar-refractivity contribution in [3.8, 4) is 5.75 Å². The molecule has 0 unspecified atom stereocenters. The molecular formula is C21H22F3N3O3. The molecule has 0 atom stereocenters. The average Bonchev–Trinajstić information content (AvgIpc) is 3.48. The Labute approximate surface area is 171 Å². The maximum atomic E-state index is 12.7. The molecular weight excluding hydrogens is 399 g/mol. The summed E-state index contributed by atoms with van der Waals surface area (Å²) in [5.74, 6) is -0.798. The predicted molar refractivity (Wildman–Crippen MR) is 103 cm³/mol. The van der Waals surface area contributed by atoms with Gasteiger partial charge in [-0.05, 0) is 42.7 Å². The second-order valence-corrected chi connectivity index (χ2v) is 7.91. The molecule has 2 aromatic rings. The van der Waals surface area contributed by atoms with Crippen LogP contribution in [0.4, 0.5) is 18.9 Å². The van der Waals surface area contributed by atoms with Crippen LogP contribution in [0.3, 0.4) is 0 Å². The van der Waals surface area contributed by atoms with E-state index in [1.807, 2.05) is 0 Å². The molecule has 4 rings (SSSR count). The molecule has 6 nitrogen and oxygen atoms in total. The lowest BCUT2D eigenvalue weighted by atomic mass is 10.1. The Morgan fingerprint density at radius 2 is 1.93 bits per heavy atom. The molecule has 1 aromatic carbocycles. The van der Waals surface area contributed by atoms with Gasteiger partial charge in [0.15, 0.2) is 11.4 Å². The first-order valence-corrected chi connectivity index (χ1v) is 9.68. The number of fused-ring (bicyclic) bond motifs is 1. The summed E-state index contributed by atoms with van der Waals surface area (Å²) >= 11 is 0. The van der Waals surface area contributed by atoms with Gasteiger partial charge in [0.1, 0.15) is 0 Å². The summed E-state index contributed by atoms with van der Waals surface area (Å²) in [7, 11) is 0. The topological polar surface area (TPSA) is 72.5 Å². The van der Waals surface area contributed by atoms with Gasteiger partial charge < -0.3 is 20.1 Å². The summed E-state index contributed by atoms with van der Waals surface area (Å²) in [6, 6.07) is 4.97. The molecule has 2 aliphatic rings. The van der Waals surface area contributed by atoms with Gasteiger partial charge in [0.2, 0.25) is 5.79 Å². The fourth-order valence-corrected chi connectivity index (χ4v) is 3.13. The second-order valence-electron chi connectivity index (χ2n) is 7.91. The lowest BCUT2D eigenvalue weighted by molar-refractivity contribution is -0.180. The third-order valence-electron chi connectivity index (χ3n) is 4.96. The van der Waals surface area contributed by atoms with Crippen LogP contribution in [0, 0.1) is 0 Å². The minimum atomic E-state index is -4.38. The molecule has 0 spiro atoms. The van der Waals surface area contributed by atoms with Gasteiger partial charge in [-0.2, -0.15) is 13.2 Å². The van der Waals surface area contributed by atoms with Crippen LogP contribution in [0.15, 0.2) is 30.5 Å². The Morgan fingerprint density at radius 1 is 1.23 bits per heavy atom. The number of pyridine rings is 1. The number of rotatable bonds is 5. The molecule has 160 valence electrons. The standard InChI is InChI=1S/C21H22F3N3O3/c1-20(2)29-11-16-12(9-25-14-5-3-13(4-6-14)21(22,23)24)10-26-17(18(16)30-20)19(28)27-15-7-8-15/h3-6,10,15,25H,7-9,11H2,1-2H3,(H,27,28). The highest BCUT2D eigenvalue weighted by atomic mass is 19.4. The zero-order valence-corrected chi connectivity index (χ0v) is 16.6. The van der Waals surface area contributed by atoms with E-state index in [0.717, 1.165) is 30.5 Å². The van der Waals surface area contributed by atoms with Crippen molar-refractivity contribution >= 4 is 11.6 Å². The molecule has 30 heavy (non-hydrogen) atoms. The molecule has 1 aliphatic carbocycles. The summed E-state index contributed by atoms with van der Waals surface area (Å²) in [5.41, 5.74) is 1.48. The van der Waals surface area contributed by atoms with Gasteiger partial charge in [0.25, 0.3) is 5.91 Å². The van der Waals surface area contributed by atoms with E-state index in [9.17, 15) is 18.0 Å². The van der Waals surface area contributed by atoms with Crippen molar-refractivity contribution in [1.29, 1.82) is 0 Å². The van der Waals surface area contributed by atoms with Gasteiger partial charge >= 0.3 is 6.18 Å². The second kappa shape index (κ2) is 7.46. The molecule has 1 aliphatic heterocycles. The minimum absolute atomic E-state index is 0.184. The number of alkyl halides is 3. The first-order chi connectivity index (χ1) is 14.1. The monoisotopic (exact) mass is 421 g/mol. The predicted octanol–water partition coefficient (Wildman–Crippen LogP) is 4.25. The molecule has 9 heteroatoms. The van der Waals surface area contributed by atoms with E-state index in [1.165, 1.54) is 12.1 Å². The van der Waals surface area contributed by atoms with Crippen molar-refractivity contribution in [2.24, 2.45) is 0 Å². The van der Waals surface area contributed by atoms with Crippen LogP contribution in [-0.4, -0.2) is 22.7 Å². The average molecular weight is 421 g/mol. The first-order valence-electron chi connectivity index (χ1n) is 9.68. The van der Waals surface area contributed by atoms with E-state index in [0.29, 0.717) is 23.5 Å². The molecule has 2 heterocycles. The van der Waals surface area contributed by atoms with E-state index in [2.05, 4.69) is 15.6 Å². The van der Waals surface area contributed by atoms with Gasteiger partial charge in [0, 0.05) is 43.9 Å². The van der Waals surface area contributed by atoms with Crippen LogP contribution in [-0.2, 0) is 24.1 Å². The van der Waals surface area contributed by atoms with Gasteiger partial charge in [0.05, 0.1) is 12.2 Å². The number of nitrogens with one attached hydrogen (secondary N) is 2. The third-order valence-corrected chi connectivity index (χ3v) is 4.96. The third kappa shape index (κ3) is 4.51. The quantitative estimate of drug-likeness (QED) is 0.755. The molecule has 0 bridgehead atoms. The Morgan fingerprint density at radius 3 is 2.57 bits per heavy atom. The van der Waals surface area contributed by atoms with Gasteiger partial charge in [-0.25, -0.2) is 4.98 Å². The number of hydrogen-bond acceptors (Lipinski definition) is 5. The lowest BCUT2D eigenvalue weighted by Gasteiger charge is -2.34. The van der Waals surface area contributed by atoms with E-state index in [1.54, 1.807) is 20.0 Å². The summed E-state index contributed by atoms with van der Waals surface area (Å²) in [5, 5.41) is 5.99. The number of halogens is 3. The van der Waals surface area contributed by atoms with Crippen LogP contribution >= 0.6 is 0 Å². The van der Waals surface area contributed by atoms with Crippen LogP contribution < -0.4 is 15.4 Å². The highest BCUT2D eigenvalue weighted by Crippen LogP contribution is 2.36. The normalized spacial score (nSPS) is 17.6. The summed E-state index contributed by atoms with van der Waals surface area (Å²) in [6.07, 6.45) is -0.889. The maximum Gasteiger partial charge on any atom is 0.416 e. The fourth-order valence-electron chi connectivity index (χ4n) is 3.13. The highest BCUT2D eigenvalue weighted by Gasteiger charge is 2.34. The Bertz CT molecular complexity index is 954. The van der Waals surface area contributed by atoms with E-state index >= 15 is 0 Å². The van der Waals surface area contributed by atoms with Crippen molar-refractivity contribution in [2.75, 3.05) is 5.32 Å². The SMILES string of the molecule is CC1(C)OCc2c(CNc3ccc(C(F)(F)F)cc3)cnc(C(=O)NC3CC3)c2O1. The number of amides is 1. The van der Waals surface area contributed by atoms with Crippen LogP contribution in [0.25, 0.3) is 0 Å². The van der Waals surface area contributed by atoms with Gasteiger partial charge in [-0.3, -0.25) is 4.79 Å². The minimum Gasteiger partial charge on any atom is -0.460 e. The summed E-state index contributed by atoms with van der Waals surface area (Å²) in [6.45, 7) is 4.04. The molecule has 1 aromatic heterocycles. The lowest BCUT2D eigenvalue weighted by Crippen LogP contribution is -2.38. The van der Waals surface area contributed by atoms with Crippen LogP contribution in [0.1, 0.15) is 53.9 Å². The highest BCUT2D eigenvalue weighted by molar-refractivity contribution is 5.96. The summed E-state index contributed by atoms with van der Waals surface area (Å²) < 4.78 is 49.8. The van der Waals surface area contributed by atoms with E-state index in [-0.39, 0.29) is 24.2 Å². The molecule has 0 saturated heterocycles. The van der Waals surface area contributed by atoms with Crippen molar-refractivity contribution in [3.05, 3.63) is 52.8 Å². The summed E-state index contributed by atoms with van der Waals surface area (Å²) in [4.78, 5) is 16.9. The number of ether oxygens (including phenoxy) is 2. The molecule has 2 N–H and O–H groups in total.